The predicted octanol–water partition coefficient (Wildman–Crippen LogP) is -3.26. The molecule has 0 saturated heterocycles. The van der Waals surface area contributed by atoms with Gasteiger partial charge < -0.3 is 25.9 Å². The zero-order chi connectivity index (χ0) is 10.6. The molecule has 0 aliphatic heterocycles. The summed E-state index contributed by atoms with van der Waals surface area (Å²) in [5.74, 6) is -5.02. The summed E-state index contributed by atoms with van der Waals surface area (Å²) < 4.78 is 0. The Morgan fingerprint density at radius 3 is 1.33 bits per heavy atom. The van der Waals surface area contributed by atoms with E-state index in [0.717, 1.165) is 0 Å². The van der Waals surface area contributed by atoms with E-state index in [9.17, 15) is 14.4 Å². The Balaban J connectivity index is -0.000000720. The van der Waals surface area contributed by atoms with E-state index in [4.69, 9.17) is 20.4 Å². The van der Waals surface area contributed by atoms with Crippen LogP contribution in [0.3, 0.4) is 0 Å². The molecule has 8 nitrogen and oxygen atoms in total. The maximum atomic E-state index is 10.3. The Morgan fingerprint density at radius 2 is 1.20 bits per heavy atom. The maximum absolute atomic E-state index is 10.3. The number of aliphatic hydroxyl groups is 1. The first-order valence-corrected chi connectivity index (χ1v) is 3.17. The van der Waals surface area contributed by atoms with Crippen LogP contribution in [0.25, 0.3) is 0 Å². The van der Waals surface area contributed by atoms with Crippen molar-refractivity contribution in [2.45, 2.75) is 18.4 Å². The number of rotatable bonds is 5. The molecule has 0 aliphatic carbocycles. The summed E-state index contributed by atoms with van der Waals surface area (Å²) in [6.45, 7) is 0. The molecule has 0 atom stereocenters. The third kappa shape index (κ3) is 7.18. The van der Waals surface area contributed by atoms with Gasteiger partial charge in [-0.3, -0.25) is 9.59 Å². The Morgan fingerprint density at radius 1 is 0.933 bits per heavy atom. The summed E-state index contributed by atoms with van der Waals surface area (Å²) in [7, 11) is 0. The second-order valence-corrected chi connectivity index (χ2v) is 2.48. The Kier molecular flexibility index (Phi) is 9.86. The second-order valence-electron chi connectivity index (χ2n) is 2.48. The molecule has 0 saturated carbocycles. The van der Waals surface area contributed by atoms with Crippen molar-refractivity contribution in [3.63, 3.8) is 0 Å². The zero-order valence-electron chi connectivity index (χ0n) is 7.63. The third-order valence-corrected chi connectivity index (χ3v) is 1.29. The minimum atomic E-state index is -2.74. The summed E-state index contributed by atoms with van der Waals surface area (Å²) in [5, 5.41) is 33.8. The van der Waals surface area contributed by atoms with Crippen LogP contribution < -0.4 is 0 Å². The van der Waals surface area contributed by atoms with Gasteiger partial charge in [-0.05, 0) is 0 Å². The van der Waals surface area contributed by atoms with Crippen LogP contribution in [0.4, 0.5) is 0 Å². The monoisotopic (exact) mass is 422 g/mol. The van der Waals surface area contributed by atoms with E-state index in [1.807, 2.05) is 0 Å². The number of carbonyl (C=O) groups is 3. The van der Waals surface area contributed by atoms with E-state index >= 15 is 0 Å². The quantitative estimate of drug-likeness (QED) is 0.338. The number of hydrogen-bond acceptors (Lipinski definition) is 4. The molecule has 0 rings (SSSR count). The normalized spacial score (nSPS) is 9.40. The van der Waals surface area contributed by atoms with E-state index in [-0.39, 0.29) is 31.7 Å². The first-order chi connectivity index (χ1) is 5.78. The van der Waals surface area contributed by atoms with E-state index in [1.54, 1.807) is 0 Å². The van der Waals surface area contributed by atoms with Gasteiger partial charge in [-0.15, -0.1) is 0 Å². The molecule has 0 aromatic carbocycles. The number of carboxylic acids is 3. The van der Waals surface area contributed by atoms with Gasteiger partial charge in [0.05, 0.1) is 12.8 Å². The Bertz CT molecular complexity index is 234. The van der Waals surface area contributed by atoms with E-state index in [2.05, 4.69) is 0 Å². The number of carboxylic acid groups (broad SMARTS) is 3. The van der Waals surface area contributed by atoms with Crippen molar-refractivity contribution in [1.29, 1.82) is 0 Å². The topological polar surface area (TPSA) is 164 Å². The van der Waals surface area contributed by atoms with Gasteiger partial charge in [-0.2, -0.15) is 0 Å². The van der Waals surface area contributed by atoms with Crippen LogP contribution in [-0.2, 0) is 14.4 Å². The molecule has 0 aromatic heterocycles. The minimum absolute atomic E-state index is 0. The summed E-state index contributed by atoms with van der Waals surface area (Å²) in [5.41, 5.74) is -2.74. The van der Waals surface area contributed by atoms with Gasteiger partial charge in [0.15, 0.2) is 5.60 Å². The molecule has 90 valence electrons. The second kappa shape index (κ2) is 7.50. The van der Waals surface area contributed by atoms with Gasteiger partial charge in [0, 0.05) is 0 Å². The fraction of sp³-hybridized carbons (Fsp3) is 0.500. The molecule has 0 fully saturated rings. The van der Waals surface area contributed by atoms with Gasteiger partial charge in [0.25, 0.3) is 0 Å². The van der Waals surface area contributed by atoms with E-state index in [0.29, 0.717) is 0 Å². The third-order valence-electron chi connectivity index (χ3n) is 1.29. The molecule has 0 bridgehead atoms. The van der Waals surface area contributed by atoms with Crippen LogP contribution >= 0.6 is 0 Å². The molecule has 0 aromatic rings. The molecule has 0 amide bonds. The van der Waals surface area contributed by atoms with Crippen molar-refractivity contribution >= 4 is 44.1 Å². The van der Waals surface area contributed by atoms with Crippen molar-refractivity contribution in [3.05, 3.63) is 0 Å². The fourth-order valence-corrected chi connectivity index (χ4v) is 0.714. The van der Waals surface area contributed by atoms with Gasteiger partial charge in [-0.1, -0.05) is 0 Å². The van der Waals surface area contributed by atoms with Gasteiger partial charge in [0.1, 0.15) is 0 Å². The first-order valence-electron chi connectivity index (χ1n) is 3.17. The molecule has 0 unspecified atom stereocenters. The molecular formula is C6H13BiO8. The van der Waals surface area contributed by atoms with Crippen LogP contribution in [0.1, 0.15) is 12.8 Å². The molecule has 6 N–H and O–H groups in total. The molecular weight excluding hydrogens is 409 g/mol. The van der Waals surface area contributed by atoms with Crippen molar-refractivity contribution < 1.29 is 40.3 Å². The van der Waals surface area contributed by atoms with Crippen molar-refractivity contribution in [3.8, 4) is 0 Å². The summed E-state index contributed by atoms with van der Waals surface area (Å²) in [6, 6.07) is 0. The van der Waals surface area contributed by atoms with Crippen LogP contribution in [0.15, 0.2) is 0 Å². The van der Waals surface area contributed by atoms with Crippen molar-refractivity contribution in [2.24, 2.45) is 0 Å². The molecule has 15 heavy (non-hydrogen) atoms. The Labute approximate surface area is 103 Å². The van der Waals surface area contributed by atoms with Crippen LogP contribution in [-0.4, -0.2) is 75.6 Å². The predicted molar refractivity (Wildman–Crippen MR) is 50.6 cm³/mol. The molecule has 0 spiro atoms. The first kappa shape index (κ1) is 19.7. The summed E-state index contributed by atoms with van der Waals surface area (Å²) >= 11 is 0. The van der Waals surface area contributed by atoms with E-state index in [1.165, 1.54) is 0 Å². The number of aliphatic carboxylic acids is 3. The van der Waals surface area contributed by atoms with Gasteiger partial charge in [-0.25, -0.2) is 4.79 Å². The standard InChI is InChI=1S/C6H8O7.Bi.H2O.3H/c7-3(8)1-6(13,5(11)12)2-4(9)10;;;;;/h13H,1-2H2,(H,7,8)(H,9,10)(H,11,12);;1H2;;;. The van der Waals surface area contributed by atoms with Gasteiger partial charge in [0.2, 0.25) is 0 Å². The van der Waals surface area contributed by atoms with Crippen LogP contribution in [0, 0.1) is 0 Å². The summed E-state index contributed by atoms with van der Waals surface area (Å²) in [6.07, 6.45) is -2.29. The average molecular weight is 422 g/mol. The summed E-state index contributed by atoms with van der Waals surface area (Å²) in [4.78, 5) is 30.5. The Hall–Kier alpha value is -0.787. The molecule has 0 aliphatic rings. The molecule has 0 heterocycles. The van der Waals surface area contributed by atoms with Crippen LogP contribution in [0.2, 0.25) is 0 Å². The zero-order valence-corrected chi connectivity index (χ0v) is 13.1. The van der Waals surface area contributed by atoms with Crippen molar-refractivity contribution in [2.75, 3.05) is 0 Å². The van der Waals surface area contributed by atoms with E-state index < -0.39 is 36.4 Å². The number of hydrogen-bond donors (Lipinski definition) is 4. The molecule has 0 radical (unpaired) electrons. The fourth-order valence-electron chi connectivity index (χ4n) is 0.714. The molecule has 9 heteroatoms. The average Bonchev–Trinajstić information content (AvgIpc) is 1.82. The van der Waals surface area contributed by atoms with Gasteiger partial charge >= 0.3 is 44.1 Å². The van der Waals surface area contributed by atoms with Crippen LogP contribution in [0.5, 0.6) is 0 Å². The SMILES string of the molecule is O.O=C(O)CC(O)(CC(=O)O)C(=O)O.[BiH3]. The van der Waals surface area contributed by atoms with Crippen molar-refractivity contribution in [1.82, 2.24) is 0 Å².